The first-order valence-electron chi connectivity index (χ1n) is 6.88. The molecular formula is C15H13F3N2O3S. The summed E-state index contributed by atoms with van der Waals surface area (Å²) in [4.78, 5) is 9.06. The van der Waals surface area contributed by atoms with E-state index in [-0.39, 0.29) is 29.4 Å². The minimum Gasteiger partial charge on any atom is -0.491 e. The average molecular weight is 358 g/mol. The molecule has 0 radical (unpaired) electrons. The zero-order valence-electron chi connectivity index (χ0n) is 12.8. The molecule has 0 unspecified atom stereocenters. The van der Waals surface area contributed by atoms with E-state index in [1.54, 1.807) is 0 Å². The van der Waals surface area contributed by atoms with Gasteiger partial charge in [-0.25, -0.2) is 9.97 Å². The third-order valence-corrected chi connectivity index (χ3v) is 4.63. The predicted molar refractivity (Wildman–Crippen MR) is 80.7 cm³/mol. The van der Waals surface area contributed by atoms with Crippen molar-refractivity contribution in [2.45, 2.75) is 16.3 Å². The van der Waals surface area contributed by atoms with Crippen molar-refractivity contribution in [3.05, 3.63) is 35.7 Å². The Kier molecular flexibility index (Phi) is 4.44. The number of fused-ring (bicyclic) bond motifs is 1. The fourth-order valence-electron chi connectivity index (χ4n) is 2.20. The van der Waals surface area contributed by atoms with Crippen LogP contribution in [0.1, 0.15) is 16.5 Å². The molecule has 2 aromatic rings. The van der Waals surface area contributed by atoms with Gasteiger partial charge in [0.25, 0.3) is 11.8 Å². The van der Waals surface area contributed by atoms with Crippen molar-refractivity contribution in [3.63, 3.8) is 0 Å². The van der Waals surface area contributed by atoms with E-state index in [4.69, 9.17) is 14.2 Å². The molecular weight excluding hydrogens is 345 g/mol. The highest BCUT2D eigenvalue weighted by Crippen LogP contribution is 2.46. The van der Waals surface area contributed by atoms with Crippen molar-refractivity contribution in [1.29, 1.82) is 0 Å². The molecule has 1 aliphatic heterocycles. The minimum atomic E-state index is -4.39. The van der Waals surface area contributed by atoms with Gasteiger partial charge in [-0.05, 0) is 18.2 Å². The molecule has 1 aliphatic rings. The topological polar surface area (TPSA) is 53.5 Å². The summed E-state index contributed by atoms with van der Waals surface area (Å²) in [5, 5.41) is -0.207. The van der Waals surface area contributed by atoms with E-state index in [1.165, 1.54) is 38.2 Å². The summed E-state index contributed by atoms with van der Waals surface area (Å²) in [5.74, 6) is 0.728. The Morgan fingerprint density at radius 1 is 1.21 bits per heavy atom. The Morgan fingerprint density at radius 2 is 1.96 bits per heavy atom. The maximum Gasteiger partial charge on any atom is 0.416 e. The molecule has 0 N–H and O–H groups in total. The molecule has 128 valence electrons. The van der Waals surface area contributed by atoms with Crippen LogP contribution in [0.2, 0.25) is 0 Å². The van der Waals surface area contributed by atoms with Crippen molar-refractivity contribution in [3.8, 4) is 17.5 Å². The third-order valence-electron chi connectivity index (χ3n) is 3.37. The largest absolute Gasteiger partial charge is 0.491 e. The van der Waals surface area contributed by atoms with E-state index in [9.17, 15) is 13.2 Å². The van der Waals surface area contributed by atoms with Crippen LogP contribution in [0.4, 0.5) is 13.2 Å². The monoisotopic (exact) mass is 358 g/mol. The van der Waals surface area contributed by atoms with Crippen molar-refractivity contribution in [2.75, 3.05) is 20.8 Å². The Bertz CT molecular complexity index is 755. The highest BCUT2D eigenvalue weighted by atomic mass is 32.2. The van der Waals surface area contributed by atoms with Gasteiger partial charge in [0.05, 0.1) is 41.8 Å². The number of alkyl halides is 3. The van der Waals surface area contributed by atoms with Gasteiger partial charge in [0.15, 0.2) is 0 Å². The SMILES string of the molecule is COc1ncc([C@@H]2COc3cc(C(F)(F)F)ccc3S2)nc1OC. The maximum atomic E-state index is 12.7. The lowest BCUT2D eigenvalue weighted by molar-refractivity contribution is -0.137. The number of nitrogens with zero attached hydrogens (tertiary/aromatic N) is 2. The Balaban J connectivity index is 1.85. The van der Waals surface area contributed by atoms with Crippen LogP contribution >= 0.6 is 11.8 Å². The minimum absolute atomic E-state index is 0.184. The van der Waals surface area contributed by atoms with Crippen LogP contribution in [0, 0.1) is 0 Å². The van der Waals surface area contributed by atoms with Crippen LogP contribution in [-0.4, -0.2) is 30.8 Å². The number of hydrogen-bond donors (Lipinski definition) is 0. The second-order valence-corrected chi connectivity index (χ2v) is 6.13. The lowest BCUT2D eigenvalue weighted by Crippen LogP contribution is -2.15. The molecule has 2 heterocycles. The first kappa shape index (κ1) is 16.7. The molecule has 24 heavy (non-hydrogen) atoms. The lowest BCUT2D eigenvalue weighted by Gasteiger charge is -2.25. The molecule has 0 saturated carbocycles. The summed E-state index contributed by atoms with van der Waals surface area (Å²) >= 11 is 1.37. The lowest BCUT2D eigenvalue weighted by atomic mass is 10.2. The molecule has 1 atom stereocenters. The highest BCUT2D eigenvalue weighted by Gasteiger charge is 2.33. The first-order valence-corrected chi connectivity index (χ1v) is 7.76. The van der Waals surface area contributed by atoms with Crippen LogP contribution in [-0.2, 0) is 6.18 Å². The van der Waals surface area contributed by atoms with E-state index in [2.05, 4.69) is 9.97 Å². The van der Waals surface area contributed by atoms with Crippen molar-refractivity contribution >= 4 is 11.8 Å². The van der Waals surface area contributed by atoms with E-state index in [1.807, 2.05) is 0 Å². The number of methoxy groups -OCH3 is 2. The average Bonchev–Trinajstić information content (AvgIpc) is 2.59. The molecule has 5 nitrogen and oxygen atoms in total. The maximum absolute atomic E-state index is 12.7. The second kappa shape index (κ2) is 6.39. The number of halogens is 3. The van der Waals surface area contributed by atoms with Gasteiger partial charge in [0, 0.05) is 0 Å². The summed E-state index contributed by atoms with van der Waals surface area (Å²) < 4.78 is 53.9. The second-order valence-electron chi connectivity index (χ2n) is 4.89. The van der Waals surface area contributed by atoms with Gasteiger partial charge < -0.3 is 14.2 Å². The third kappa shape index (κ3) is 3.21. The smallest absolute Gasteiger partial charge is 0.416 e. The molecule has 9 heteroatoms. The number of hydrogen-bond acceptors (Lipinski definition) is 6. The molecule has 3 rings (SSSR count). The van der Waals surface area contributed by atoms with E-state index < -0.39 is 11.7 Å². The summed E-state index contributed by atoms with van der Waals surface area (Å²) in [6.45, 7) is 0.184. The van der Waals surface area contributed by atoms with Gasteiger partial charge in [-0.15, -0.1) is 11.8 Å². The number of thioether (sulfide) groups is 1. The quantitative estimate of drug-likeness (QED) is 0.833. The van der Waals surface area contributed by atoms with Crippen molar-refractivity contribution in [1.82, 2.24) is 9.97 Å². The molecule has 0 fully saturated rings. The van der Waals surface area contributed by atoms with E-state index in [0.29, 0.717) is 10.6 Å². The van der Waals surface area contributed by atoms with Crippen LogP contribution in [0.15, 0.2) is 29.3 Å². The molecule has 1 aromatic carbocycles. The fraction of sp³-hybridized carbons (Fsp3) is 0.333. The standard InChI is InChI=1S/C15H13F3N2O3S/c1-21-13-14(22-2)20-9(6-19-13)12-7-23-10-5-8(15(16,17)18)3-4-11(10)24-12/h3-6,12H,7H2,1-2H3/t12-/m0/s1. The van der Waals surface area contributed by atoms with Gasteiger partial charge in [-0.1, -0.05) is 0 Å². The van der Waals surface area contributed by atoms with Gasteiger partial charge in [0.2, 0.25) is 0 Å². The molecule has 0 amide bonds. The summed E-state index contributed by atoms with van der Waals surface area (Å²) in [7, 11) is 2.91. The van der Waals surface area contributed by atoms with Crippen LogP contribution in [0.3, 0.4) is 0 Å². The Labute approximate surface area is 140 Å². The van der Waals surface area contributed by atoms with Crippen molar-refractivity contribution in [2.24, 2.45) is 0 Å². The Hall–Kier alpha value is -2.16. The van der Waals surface area contributed by atoms with Crippen LogP contribution in [0.5, 0.6) is 17.5 Å². The molecule has 1 aromatic heterocycles. The van der Waals surface area contributed by atoms with Crippen LogP contribution < -0.4 is 14.2 Å². The first-order chi connectivity index (χ1) is 11.4. The fourth-order valence-corrected chi connectivity index (χ4v) is 3.25. The van der Waals surface area contributed by atoms with Gasteiger partial charge >= 0.3 is 6.18 Å². The van der Waals surface area contributed by atoms with Gasteiger partial charge in [-0.2, -0.15) is 13.2 Å². The highest BCUT2D eigenvalue weighted by molar-refractivity contribution is 7.99. The number of ether oxygens (including phenoxy) is 3. The summed E-state index contributed by atoms with van der Waals surface area (Å²) in [5.41, 5.74) is -0.130. The summed E-state index contributed by atoms with van der Waals surface area (Å²) in [6, 6.07) is 3.46. The Morgan fingerprint density at radius 3 is 2.62 bits per heavy atom. The van der Waals surface area contributed by atoms with E-state index >= 15 is 0 Å². The number of benzene rings is 1. The van der Waals surface area contributed by atoms with Gasteiger partial charge in [0.1, 0.15) is 12.4 Å². The van der Waals surface area contributed by atoms with E-state index in [0.717, 1.165) is 12.1 Å². The predicted octanol–water partition coefficient (Wildman–Crippen LogP) is 3.74. The molecule has 0 saturated heterocycles. The number of rotatable bonds is 3. The van der Waals surface area contributed by atoms with Crippen LogP contribution in [0.25, 0.3) is 0 Å². The van der Waals surface area contributed by atoms with Gasteiger partial charge in [-0.3, -0.25) is 0 Å². The zero-order chi connectivity index (χ0) is 17.3. The zero-order valence-corrected chi connectivity index (χ0v) is 13.6. The summed E-state index contributed by atoms with van der Waals surface area (Å²) in [6.07, 6.45) is -2.85. The number of aromatic nitrogens is 2. The molecule has 0 aliphatic carbocycles. The van der Waals surface area contributed by atoms with Crippen molar-refractivity contribution < 1.29 is 27.4 Å². The molecule has 0 bridgehead atoms. The molecule has 0 spiro atoms. The normalized spacial score (nSPS) is 17.0.